The Bertz CT molecular complexity index is 1380. The van der Waals surface area contributed by atoms with Crippen molar-refractivity contribution >= 4 is 29.4 Å². The summed E-state index contributed by atoms with van der Waals surface area (Å²) in [5.41, 5.74) is 2.88. The van der Waals surface area contributed by atoms with E-state index in [0.29, 0.717) is 50.4 Å². The molecule has 1 amide bonds. The maximum absolute atomic E-state index is 12.6. The molecule has 36 heavy (non-hydrogen) atoms. The summed E-state index contributed by atoms with van der Waals surface area (Å²) in [7, 11) is 0. The zero-order chi connectivity index (χ0) is 25.7. The van der Waals surface area contributed by atoms with Crippen molar-refractivity contribution < 1.29 is 28.7 Å². The summed E-state index contributed by atoms with van der Waals surface area (Å²) in [5, 5.41) is 16.2. The first-order chi connectivity index (χ1) is 17.3. The highest BCUT2D eigenvalue weighted by Crippen LogP contribution is 2.33. The van der Waals surface area contributed by atoms with Gasteiger partial charge < -0.3 is 19.1 Å². The summed E-state index contributed by atoms with van der Waals surface area (Å²) < 4.78 is 16.8. The van der Waals surface area contributed by atoms with Crippen molar-refractivity contribution in [2.24, 2.45) is 0 Å². The monoisotopic (exact) mass is 506 g/mol. The van der Waals surface area contributed by atoms with E-state index in [2.05, 4.69) is 10.5 Å². The molecule has 1 aromatic heterocycles. The molecule has 4 rings (SSSR count). The number of halogens is 1. The number of aromatic nitrogens is 1. The van der Waals surface area contributed by atoms with Crippen LogP contribution in [0.4, 0.5) is 10.5 Å². The first-order valence-corrected chi connectivity index (χ1v) is 11.5. The predicted molar refractivity (Wildman–Crippen MR) is 135 cm³/mol. The fourth-order valence-corrected chi connectivity index (χ4v) is 3.87. The number of amides is 1. The molecule has 0 saturated carbocycles. The van der Waals surface area contributed by atoms with Gasteiger partial charge in [0.1, 0.15) is 29.0 Å². The van der Waals surface area contributed by atoms with E-state index in [1.54, 1.807) is 80.6 Å². The molecule has 8 nitrogen and oxygen atoms in total. The lowest BCUT2D eigenvalue weighted by atomic mass is 10.1. The smallest absolute Gasteiger partial charge is 0.412 e. The summed E-state index contributed by atoms with van der Waals surface area (Å²) in [4.78, 5) is 23.5. The highest BCUT2D eigenvalue weighted by Gasteiger charge is 2.20. The highest BCUT2D eigenvalue weighted by atomic mass is 35.5. The number of anilines is 1. The number of aliphatic carboxylic acids is 1. The molecule has 184 valence electrons. The van der Waals surface area contributed by atoms with E-state index in [4.69, 9.17) is 30.7 Å². The van der Waals surface area contributed by atoms with Gasteiger partial charge in [0.15, 0.2) is 5.76 Å². The standard InChI is InChI=1S/C27H23ClN2O6/c1-16-25(29-27(33)34-17(2)22-8-3-4-9-23(22)28)26(36-30-16)19-10-12-20(13-11-19)35-21-7-5-6-18(14-21)15-24(31)32/h3-14,17H,15H2,1-2H3,(H,29,33)(H,31,32). The Balaban J connectivity index is 1.45. The second-order valence-corrected chi connectivity index (χ2v) is 8.42. The van der Waals surface area contributed by atoms with Crippen molar-refractivity contribution in [3.05, 3.63) is 94.6 Å². The number of carboxylic acid groups (broad SMARTS) is 1. The van der Waals surface area contributed by atoms with E-state index in [9.17, 15) is 9.59 Å². The molecule has 9 heteroatoms. The van der Waals surface area contributed by atoms with Crippen LogP contribution in [0.25, 0.3) is 11.3 Å². The van der Waals surface area contributed by atoms with E-state index in [0.717, 1.165) is 0 Å². The number of hydrogen-bond acceptors (Lipinski definition) is 6. The predicted octanol–water partition coefficient (Wildman–Crippen LogP) is 7.03. The Morgan fingerprint density at radius 1 is 1.06 bits per heavy atom. The van der Waals surface area contributed by atoms with E-state index >= 15 is 0 Å². The molecule has 0 aliphatic heterocycles. The van der Waals surface area contributed by atoms with Gasteiger partial charge in [0.2, 0.25) is 0 Å². The Hall–Kier alpha value is -4.30. The van der Waals surface area contributed by atoms with Crippen LogP contribution in [0.15, 0.2) is 77.3 Å². The number of nitrogens with zero attached hydrogens (tertiary/aromatic N) is 1. The summed E-state index contributed by atoms with van der Waals surface area (Å²) >= 11 is 6.20. The van der Waals surface area contributed by atoms with Gasteiger partial charge in [-0.25, -0.2) is 4.79 Å². The van der Waals surface area contributed by atoms with Crippen molar-refractivity contribution in [3.8, 4) is 22.8 Å². The Morgan fingerprint density at radius 2 is 1.81 bits per heavy atom. The summed E-state index contributed by atoms with van der Waals surface area (Å²) in [6, 6.07) is 21.0. The minimum Gasteiger partial charge on any atom is -0.481 e. The molecule has 1 atom stereocenters. The number of ether oxygens (including phenoxy) is 2. The van der Waals surface area contributed by atoms with Crippen molar-refractivity contribution in [1.82, 2.24) is 5.16 Å². The number of rotatable bonds is 8. The maximum atomic E-state index is 12.6. The van der Waals surface area contributed by atoms with Crippen LogP contribution in [0.3, 0.4) is 0 Å². The van der Waals surface area contributed by atoms with Crippen LogP contribution in [0.5, 0.6) is 11.5 Å². The van der Waals surface area contributed by atoms with E-state index in [1.165, 1.54) is 0 Å². The van der Waals surface area contributed by atoms with Crippen LogP contribution < -0.4 is 10.1 Å². The zero-order valence-electron chi connectivity index (χ0n) is 19.5. The quantitative estimate of drug-likeness (QED) is 0.264. The molecule has 0 aliphatic carbocycles. The summed E-state index contributed by atoms with van der Waals surface area (Å²) in [6.45, 7) is 3.44. The molecule has 1 unspecified atom stereocenters. The molecule has 0 saturated heterocycles. The lowest BCUT2D eigenvalue weighted by Crippen LogP contribution is -2.17. The van der Waals surface area contributed by atoms with E-state index in [1.807, 2.05) is 6.07 Å². The minimum absolute atomic E-state index is 0.0869. The molecule has 4 aromatic rings. The van der Waals surface area contributed by atoms with Crippen LogP contribution in [-0.2, 0) is 16.0 Å². The fourth-order valence-electron chi connectivity index (χ4n) is 3.58. The van der Waals surface area contributed by atoms with Gasteiger partial charge in [-0.3, -0.25) is 10.1 Å². The summed E-state index contributed by atoms with van der Waals surface area (Å²) in [6.07, 6.45) is -1.32. The highest BCUT2D eigenvalue weighted by molar-refractivity contribution is 6.31. The van der Waals surface area contributed by atoms with Gasteiger partial charge in [-0.15, -0.1) is 0 Å². The van der Waals surface area contributed by atoms with Crippen molar-refractivity contribution in [1.29, 1.82) is 0 Å². The van der Waals surface area contributed by atoms with Gasteiger partial charge >= 0.3 is 12.1 Å². The van der Waals surface area contributed by atoms with Gasteiger partial charge in [-0.05, 0) is 61.9 Å². The number of benzene rings is 3. The van der Waals surface area contributed by atoms with Gasteiger partial charge in [-0.1, -0.05) is 47.1 Å². The number of aryl methyl sites for hydroxylation is 1. The Morgan fingerprint density at radius 3 is 2.53 bits per heavy atom. The molecule has 0 radical (unpaired) electrons. The van der Waals surface area contributed by atoms with Crippen LogP contribution in [0, 0.1) is 6.92 Å². The molecule has 0 bridgehead atoms. The average Bonchev–Trinajstić information content (AvgIpc) is 3.19. The van der Waals surface area contributed by atoms with Gasteiger partial charge in [0.05, 0.1) is 6.42 Å². The largest absolute Gasteiger partial charge is 0.481 e. The molecule has 1 heterocycles. The molecular formula is C27H23ClN2O6. The lowest BCUT2D eigenvalue weighted by molar-refractivity contribution is -0.136. The molecule has 2 N–H and O–H groups in total. The van der Waals surface area contributed by atoms with Crippen LogP contribution in [0.2, 0.25) is 5.02 Å². The Labute approximate surface area is 212 Å². The zero-order valence-corrected chi connectivity index (χ0v) is 20.3. The van der Waals surface area contributed by atoms with Gasteiger partial charge in [-0.2, -0.15) is 0 Å². The summed E-state index contributed by atoms with van der Waals surface area (Å²) in [5.74, 6) is 0.523. The van der Waals surface area contributed by atoms with E-state index < -0.39 is 18.2 Å². The number of carbonyl (C=O) groups excluding carboxylic acids is 1. The maximum Gasteiger partial charge on any atom is 0.412 e. The first-order valence-electron chi connectivity index (χ1n) is 11.1. The van der Waals surface area contributed by atoms with Crippen LogP contribution >= 0.6 is 11.6 Å². The molecule has 0 spiro atoms. The van der Waals surface area contributed by atoms with Crippen molar-refractivity contribution in [2.75, 3.05) is 5.32 Å². The second-order valence-electron chi connectivity index (χ2n) is 8.01. The fraction of sp³-hybridized carbons (Fsp3) is 0.148. The SMILES string of the molecule is Cc1noc(-c2ccc(Oc3cccc(CC(=O)O)c3)cc2)c1NC(=O)OC(C)c1ccccc1Cl. The van der Waals surface area contributed by atoms with Crippen LogP contribution in [0.1, 0.15) is 29.8 Å². The van der Waals surface area contributed by atoms with Gasteiger partial charge in [0.25, 0.3) is 0 Å². The lowest BCUT2D eigenvalue weighted by Gasteiger charge is -2.15. The topological polar surface area (TPSA) is 111 Å². The van der Waals surface area contributed by atoms with E-state index in [-0.39, 0.29) is 6.42 Å². The number of hydrogen-bond donors (Lipinski definition) is 2. The van der Waals surface area contributed by atoms with Gasteiger partial charge in [0, 0.05) is 16.1 Å². The average molecular weight is 507 g/mol. The third kappa shape index (κ3) is 6.03. The third-order valence-electron chi connectivity index (χ3n) is 5.32. The molecule has 0 aliphatic rings. The van der Waals surface area contributed by atoms with Crippen LogP contribution in [-0.4, -0.2) is 22.3 Å². The number of carbonyl (C=O) groups is 2. The minimum atomic E-state index is -0.912. The molecule has 3 aromatic carbocycles. The third-order valence-corrected chi connectivity index (χ3v) is 5.67. The number of carboxylic acids is 1. The molecule has 0 fully saturated rings. The Kier molecular flexibility index (Phi) is 7.56. The second kappa shape index (κ2) is 11.0. The molecular weight excluding hydrogens is 484 g/mol. The normalized spacial score (nSPS) is 11.5. The van der Waals surface area contributed by atoms with Crippen molar-refractivity contribution in [2.45, 2.75) is 26.4 Å². The van der Waals surface area contributed by atoms with Crippen molar-refractivity contribution in [3.63, 3.8) is 0 Å². The first kappa shape index (κ1) is 24.8. The number of nitrogens with one attached hydrogen (secondary N) is 1.